The number of hydrogen-bond acceptors (Lipinski definition) is 4. The molecule has 2 aromatic rings. The van der Waals surface area contributed by atoms with Crippen LogP contribution in [0.2, 0.25) is 0 Å². The molecule has 1 saturated heterocycles. The lowest BCUT2D eigenvalue weighted by molar-refractivity contribution is -0.153. The van der Waals surface area contributed by atoms with E-state index in [1.807, 2.05) is 13.2 Å². The summed E-state index contributed by atoms with van der Waals surface area (Å²) in [4.78, 5) is 12.6. The maximum Gasteiger partial charge on any atom is 0.422 e. The maximum atomic E-state index is 12.6. The highest BCUT2D eigenvalue weighted by Gasteiger charge is 2.34. The van der Waals surface area contributed by atoms with Crippen molar-refractivity contribution in [1.82, 2.24) is 20.4 Å². The van der Waals surface area contributed by atoms with Crippen molar-refractivity contribution >= 4 is 5.91 Å². The number of nitrogens with one attached hydrogen (secondary N) is 2. The smallest absolute Gasteiger partial charge is 0.422 e. The summed E-state index contributed by atoms with van der Waals surface area (Å²) < 4.78 is 42.8. The van der Waals surface area contributed by atoms with Gasteiger partial charge in [-0.1, -0.05) is 12.1 Å². The Bertz CT molecular complexity index is 774. The number of ether oxygens (including phenoxy) is 1. The van der Waals surface area contributed by atoms with Gasteiger partial charge in [-0.25, -0.2) is 0 Å². The summed E-state index contributed by atoms with van der Waals surface area (Å²) in [6.07, 6.45) is -0.679. The van der Waals surface area contributed by atoms with Gasteiger partial charge in [0, 0.05) is 38.8 Å². The van der Waals surface area contributed by atoms with Gasteiger partial charge in [0.1, 0.15) is 5.75 Å². The van der Waals surface area contributed by atoms with Crippen molar-refractivity contribution in [2.45, 2.75) is 18.6 Å². The Kier molecular flexibility index (Phi) is 5.69. The van der Waals surface area contributed by atoms with E-state index in [4.69, 9.17) is 0 Å². The van der Waals surface area contributed by atoms with Crippen LogP contribution in [0.4, 0.5) is 13.2 Å². The molecule has 1 aromatic heterocycles. The average molecular weight is 382 g/mol. The van der Waals surface area contributed by atoms with E-state index in [-0.39, 0.29) is 23.5 Å². The number of carbonyl (C=O) groups is 1. The Morgan fingerprint density at radius 2 is 2.07 bits per heavy atom. The topological polar surface area (TPSA) is 68.2 Å². The van der Waals surface area contributed by atoms with Gasteiger partial charge in [-0.2, -0.15) is 18.3 Å². The number of carbonyl (C=O) groups excluding carboxylic acids is 1. The first kappa shape index (κ1) is 19.2. The lowest BCUT2D eigenvalue weighted by atomic mass is 9.90. The monoisotopic (exact) mass is 382 g/mol. The molecule has 2 atom stereocenters. The zero-order chi connectivity index (χ0) is 19.4. The van der Waals surface area contributed by atoms with Gasteiger partial charge in [-0.15, -0.1) is 0 Å². The van der Waals surface area contributed by atoms with Crippen molar-refractivity contribution in [2.75, 3.05) is 19.7 Å². The molecule has 1 aromatic carbocycles. The molecule has 1 aliphatic rings. The predicted molar refractivity (Wildman–Crippen MR) is 92.1 cm³/mol. The molecule has 2 heterocycles. The van der Waals surface area contributed by atoms with Crippen LogP contribution in [0, 0.1) is 5.92 Å². The van der Waals surface area contributed by atoms with Crippen LogP contribution in [0.25, 0.3) is 0 Å². The fourth-order valence-electron chi connectivity index (χ4n) is 3.13. The number of hydrogen-bond donors (Lipinski definition) is 2. The molecule has 6 nitrogen and oxygen atoms in total. The zero-order valence-electron chi connectivity index (χ0n) is 14.8. The number of nitrogens with zero attached hydrogens (tertiary/aromatic N) is 2. The van der Waals surface area contributed by atoms with Crippen LogP contribution >= 0.6 is 0 Å². The molecule has 9 heteroatoms. The first-order valence-corrected chi connectivity index (χ1v) is 8.57. The van der Waals surface area contributed by atoms with Gasteiger partial charge in [0.15, 0.2) is 6.61 Å². The van der Waals surface area contributed by atoms with Crippen LogP contribution < -0.4 is 15.4 Å². The molecule has 0 aliphatic carbocycles. The predicted octanol–water partition coefficient (Wildman–Crippen LogP) is 1.98. The van der Waals surface area contributed by atoms with E-state index in [2.05, 4.69) is 20.5 Å². The summed E-state index contributed by atoms with van der Waals surface area (Å²) in [5, 5.41) is 10.3. The lowest BCUT2D eigenvalue weighted by Crippen LogP contribution is -2.33. The SMILES string of the molecule is Cn1cc([C@H]2CNC[C@@H]2C(=O)NCc2ccc(OCC(F)(F)F)cc2)cn1. The fourth-order valence-corrected chi connectivity index (χ4v) is 3.13. The second-order valence-electron chi connectivity index (χ2n) is 6.58. The summed E-state index contributed by atoms with van der Waals surface area (Å²) in [7, 11) is 1.84. The number of benzene rings is 1. The minimum Gasteiger partial charge on any atom is -0.484 e. The number of amides is 1. The van der Waals surface area contributed by atoms with Gasteiger partial charge in [-0.05, 0) is 23.3 Å². The summed E-state index contributed by atoms with van der Waals surface area (Å²) in [5.41, 5.74) is 1.81. The highest BCUT2D eigenvalue weighted by molar-refractivity contribution is 5.80. The van der Waals surface area contributed by atoms with Crippen LogP contribution in [0.15, 0.2) is 36.7 Å². The number of aromatic nitrogens is 2. The highest BCUT2D eigenvalue weighted by atomic mass is 19.4. The molecule has 146 valence electrons. The Hall–Kier alpha value is -2.55. The van der Waals surface area contributed by atoms with E-state index < -0.39 is 12.8 Å². The normalized spacial score (nSPS) is 19.9. The van der Waals surface area contributed by atoms with Crippen molar-refractivity contribution in [3.63, 3.8) is 0 Å². The van der Waals surface area contributed by atoms with Gasteiger partial charge in [0.2, 0.25) is 5.91 Å². The number of aryl methyl sites for hydroxylation is 1. The van der Waals surface area contributed by atoms with Gasteiger partial charge in [0.05, 0.1) is 12.1 Å². The fraction of sp³-hybridized carbons (Fsp3) is 0.444. The molecule has 1 amide bonds. The van der Waals surface area contributed by atoms with Crippen molar-refractivity contribution < 1.29 is 22.7 Å². The summed E-state index contributed by atoms with van der Waals surface area (Å²) in [5.74, 6) is -0.0503. The van der Waals surface area contributed by atoms with Crippen molar-refractivity contribution in [2.24, 2.45) is 13.0 Å². The molecule has 3 rings (SSSR count). The van der Waals surface area contributed by atoms with Gasteiger partial charge in [0.25, 0.3) is 0 Å². The highest BCUT2D eigenvalue weighted by Crippen LogP contribution is 2.28. The first-order chi connectivity index (χ1) is 12.8. The third-order valence-corrected chi connectivity index (χ3v) is 4.50. The second kappa shape index (κ2) is 7.99. The van der Waals surface area contributed by atoms with Gasteiger partial charge < -0.3 is 15.4 Å². The molecule has 27 heavy (non-hydrogen) atoms. The Morgan fingerprint density at radius 1 is 1.33 bits per heavy atom. The number of alkyl halides is 3. The molecule has 1 aliphatic heterocycles. The Balaban J connectivity index is 1.52. The third kappa shape index (κ3) is 5.22. The summed E-state index contributed by atoms with van der Waals surface area (Å²) >= 11 is 0. The van der Waals surface area contributed by atoms with E-state index in [0.29, 0.717) is 13.1 Å². The lowest BCUT2D eigenvalue weighted by Gasteiger charge is -2.17. The molecule has 0 bridgehead atoms. The average Bonchev–Trinajstić information content (AvgIpc) is 3.26. The number of rotatable bonds is 6. The summed E-state index contributed by atoms with van der Waals surface area (Å²) in [6, 6.07) is 6.20. The van der Waals surface area contributed by atoms with Gasteiger partial charge in [-0.3, -0.25) is 9.48 Å². The van der Waals surface area contributed by atoms with Crippen molar-refractivity contribution in [1.29, 1.82) is 0 Å². The molecule has 1 fully saturated rings. The first-order valence-electron chi connectivity index (χ1n) is 8.57. The van der Waals surface area contributed by atoms with Crippen LogP contribution in [-0.4, -0.2) is 41.6 Å². The molecule has 0 saturated carbocycles. The second-order valence-corrected chi connectivity index (χ2v) is 6.58. The summed E-state index contributed by atoms with van der Waals surface area (Å²) in [6.45, 7) is 0.284. The van der Waals surface area contributed by atoms with E-state index >= 15 is 0 Å². The maximum absolute atomic E-state index is 12.6. The standard InChI is InChI=1S/C18H21F3N4O2/c1-25-10-13(7-24-25)15-8-22-9-16(15)17(26)23-6-12-2-4-14(5-3-12)27-11-18(19,20)21/h2-5,7,10,15-16,22H,6,8-9,11H2,1H3,(H,23,26)/t15-,16+/m1/s1. The van der Waals surface area contributed by atoms with E-state index in [9.17, 15) is 18.0 Å². The van der Waals surface area contributed by atoms with Crippen LogP contribution in [0.3, 0.4) is 0 Å². The van der Waals surface area contributed by atoms with Crippen LogP contribution in [0.5, 0.6) is 5.75 Å². The Labute approximate surface area is 154 Å². The zero-order valence-corrected chi connectivity index (χ0v) is 14.8. The largest absolute Gasteiger partial charge is 0.484 e. The quantitative estimate of drug-likeness (QED) is 0.802. The van der Waals surface area contributed by atoms with Crippen LogP contribution in [-0.2, 0) is 18.4 Å². The molecule has 0 radical (unpaired) electrons. The van der Waals surface area contributed by atoms with E-state index in [1.54, 1.807) is 23.0 Å². The molecular weight excluding hydrogens is 361 g/mol. The molecular formula is C18H21F3N4O2. The van der Waals surface area contributed by atoms with E-state index in [1.165, 1.54) is 12.1 Å². The molecule has 2 N–H and O–H groups in total. The van der Waals surface area contributed by atoms with E-state index in [0.717, 1.165) is 17.7 Å². The van der Waals surface area contributed by atoms with Crippen LogP contribution in [0.1, 0.15) is 17.0 Å². The minimum absolute atomic E-state index is 0.0637. The number of halogens is 3. The minimum atomic E-state index is -4.37. The van der Waals surface area contributed by atoms with Gasteiger partial charge >= 0.3 is 6.18 Å². The van der Waals surface area contributed by atoms with Crippen molar-refractivity contribution in [3.8, 4) is 5.75 Å². The molecule has 0 unspecified atom stereocenters. The molecule has 0 spiro atoms. The third-order valence-electron chi connectivity index (χ3n) is 4.50. The van der Waals surface area contributed by atoms with Crippen molar-refractivity contribution in [3.05, 3.63) is 47.8 Å². The Morgan fingerprint density at radius 3 is 2.70 bits per heavy atom.